The van der Waals surface area contributed by atoms with Crippen molar-refractivity contribution in [1.82, 2.24) is 0 Å². The molecular formula is C21H16Br4O3. The molecule has 3 aromatic carbocycles. The topological polar surface area (TPSA) is 60.7 Å². The van der Waals surface area contributed by atoms with Crippen LogP contribution in [0.25, 0.3) is 0 Å². The molecule has 28 heavy (non-hydrogen) atoms. The number of aromatic hydroxyl groups is 3. The maximum absolute atomic E-state index is 10.9. The Morgan fingerprint density at radius 1 is 0.571 bits per heavy atom. The number of halogens is 4. The van der Waals surface area contributed by atoms with Gasteiger partial charge in [0, 0.05) is 12.8 Å². The van der Waals surface area contributed by atoms with E-state index in [2.05, 4.69) is 63.7 Å². The third-order valence-corrected chi connectivity index (χ3v) is 6.77. The number of phenols is 3. The molecule has 0 bridgehead atoms. The van der Waals surface area contributed by atoms with Gasteiger partial charge in [0.05, 0.1) is 17.9 Å². The molecule has 3 nitrogen and oxygen atoms in total. The highest BCUT2D eigenvalue weighted by atomic mass is 79.9. The lowest BCUT2D eigenvalue weighted by atomic mass is 9.95. The molecule has 0 spiro atoms. The van der Waals surface area contributed by atoms with Crippen LogP contribution in [0.1, 0.15) is 27.8 Å². The number of hydrogen-bond acceptors (Lipinski definition) is 3. The quantitative estimate of drug-likeness (QED) is 0.281. The normalized spacial score (nSPS) is 11.0. The number of rotatable bonds is 4. The van der Waals surface area contributed by atoms with E-state index in [9.17, 15) is 15.3 Å². The van der Waals surface area contributed by atoms with Crippen LogP contribution >= 0.6 is 63.7 Å². The predicted molar refractivity (Wildman–Crippen MR) is 125 cm³/mol. The van der Waals surface area contributed by atoms with Gasteiger partial charge in [0.25, 0.3) is 0 Å². The van der Waals surface area contributed by atoms with Crippen LogP contribution < -0.4 is 0 Å². The van der Waals surface area contributed by atoms with E-state index in [1.54, 1.807) is 0 Å². The van der Waals surface area contributed by atoms with Crippen molar-refractivity contribution in [3.63, 3.8) is 0 Å². The summed E-state index contributed by atoms with van der Waals surface area (Å²) in [6.07, 6.45) is 1.06. The number of benzene rings is 3. The highest BCUT2D eigenvalue weighted by Gasteiger charge is 2.14. The first-order valence-electron chi connectivity index (χ1n) is 8.31. The number of phenolic OH excluding ortho intramolecular Hbond substituents is 3. The maximum atomic E-state index is 10.9. The molecule has 0 aliphatic heterocycles. The van der Waals surface area contributed by atoms with Crippen molar-refractivity contribution in [3.8, 4) is 17.2 Å². The van der Waals surface area contributed by atoms with Gasteiger partial charge in [0.1, 0.15) is 17.2 Å². The Hall–Kier alpha value is -1.02. The first-order valence-corrected chi connectivity index (χ1v) is 11.5. The van der Waals surface area contributed by atoms with Crippen molar-refractivity contribution in [2.75, 3.05) is 0 Å². The van der Waals surface area contributed by atoms with Crippen molar-refractivity contribution < 1.29 is 15.3 Å². The monoisotopic (exact) mass is 632 g/mol. The summed E-state index contributed by atoms with van der Waals surface area (Å²) >= 11 is 13.4. The maximum Gasteiger partial charge on any atom is 0.143 e. The van der Waals surface area contributed by atoms with E-state index in [1.807, 2.05) is 43.3 Å². The van der Waals surface area contributed by atoms with Gasteiger partial charge in [0.2, 0.25) is 0 Å². The Morgan fingerprint density at radius 3 is 1.21 bits per heavy atom. The highest BCUT2D eigenvalue weighted by Crippen LogP contribution is 2.37. The standard InChI is InChI=1S/C21H16Br4O3/c1-10-2-13(4-11-6-15(22)20(27)16(23)7-11)19(26)14(3-10)5-12-8-17(24)21(28)18(25)9-12/h2-3,6-9,26-28H,4-5H2,1H3. The molecule has 0 atom stereocenters. The molecule has 146 valence electrons. The molecule has 3 rings (SSSR count). The van der Waals surface area contributed by atoms with E-state index < -0.39 is 0 Å². The average Bonchev–Trinajstić information content (AvgIpc) is 2.61. The first kappa shape index (κ1) is 21.7. The largest absolute Gasteiger partial charge is 0.507 e. The molecule has 3 N–H and O–H groups in total. The second kappa shape index (κ2) is 8.78. The van der Waals surface area contributed by atoms with Gasteiger partial charge in [-0.2, -0.15) is 0 Å². The zero-order chi connectivity index (χ0) is 20.6. The minimum Gasteiger partial charge on any atom is -0.507 e. The second-order valence-corrected chi connectivity index (χ2v) is 10.0. The summed E-state index contributed by atoms with van der Waals surface area (Å²) in [4.78, 5) is 0. The minimum atomic E-state index is 0.154. The Labute approximate surface area is 196 Å². The fourth-order valence-corrected chi connectivity index (χ4v) is 5.65. The van der Waals surface area contributed by atoms with Gasteiger partial charge in [-0.15, -0.1) is 0 Å². The Bertz CT molecular complexity index is 937. The van der Waals surface area contributed by atoms with Crippen LogP contribution in [0.15, 0.2) is 54.3 Å². The first-order chi connectivity index (χ1) is 13.2. The van der Waals surface area contributed by atoms with E-state index >= 15 is 0 Å². The van der Waals surface area contributed by atoms with Crippen molar-refractivity contribution in [1.29, 1.82) is 0 Å². The molecule has 0 amide bonds. The van der Waals surface area contributed by atoms with Crippen LogP contribution in [0.5, 0.6) is 17.2 Å². The Morgan fingerprint density at radius 2 is 0.893 bits per heavy atom. The van der Waals surface area contributed by atoms with Crippen molar-refractivity contribution >= 4 is 63.7 Å². The van der Waals surface area contributed by atoms with Crippen molar-refractivity contribution in [3.05, 3.63) is 82.1 Å². The molecule has 7 heteroatoms. The fourth-order valence-electron chi connectivity index (χ4n) is 3.08. The van der Waals surface area contributed by atoms with Crippen molar-refractivity contribution in [2.24, 2.45) is 0 Å². The van der Waals surface area contributed by atoms with E-state index in [-0.39, 0.29) is 17.2 Å². The van der Waals surface area contributed by atoms with Crippen LogP contribution in [0.4, 0.5) is 0 Å². The summed E-state index contributed by atoms with van der Waals surface area (Å²) in [7, 11) is 0. The summed E-state index contributed by atoms with van der Waals surface area (Å²) in [5.41, 5.74) is 4.60. The van der Waals surface area contributed by atoms with Crippen LogP contribution in [0.3, 0.4) is 0 Å². The van der Waals surface area contributed by atoms with Crippen LogP contribution in [-0.4, -0.2) is 15.3 Å². The molecule has 0 aliphatic rings. The fraction of sp³-hybridized carbons (Fsp3) is 0.143. The molecule has 0 saturated carbocycles. The van der Waals surface area contributed by atoms with E-state index in [1.165, 1.54) is 0 Å². The summed E-state index contributed by atoms with van der Waals surface area (Å²) < 4.78 is 2.40. The predicted octanol–water partition coefficient (Wildman–Crippen LogP) is 7.34. The molecule has 0 saturated heterocycles. The summed E-state index contributed by atoms with van der Waals surface area (Å²) in [5.74, 6) is 0.564. The second-order valence-electron chi connectivity index (χ2n) is 6.60. The molecule has 3 aromatic rings. The summed E-state index contributed by atoms with van der Waals surface area (Å²) in [6.45, 7) is 2.00. The lowest BCUT2D eigenvalue weighted by molar-refractivity contribution is 0.463. The van der Waals surface area contributed by atoms with E-state index in [4.69, 9.17) is 0 Å². The zero-order valence-corrected chi connectivity index (χ0v) is 21.1. The third-order valence-electron chi connectivity index (χ3n) is 4.35. The van der Waals surface area contributed by atoms with Gasteiger partial charge in [-0.25, -0.2) is 0 Å². The lowest BCUT2D eigenvalue weighted by Gasteiger charge is -2.14. The molecule has 0 aromatic heterocycles. The lowest BCUT2D eigenvalue weighted by Crippen LogP contribution is -1.97. The van der Waals surface area contributed by atoms with E-state index in [0.29, 0.717) is 30.7 Å². The number of hydrogen-bond donors (Lipinski definition) is 3. The molecule has 0 aliphatic carbocycles. The molecule has 0 fully saturated rings. The Kier molecular flexibility index (Phi) is 6.80. The molecule has 0 heterocycles. The van der Waals surface area contributed by atoms with E-state index in [0.717, 1.165) is 27.8 Å². The van der Waals surface area contributed by atoms with Gasteiger partial charge >= 0.3 is 0 Å². The highest BCUT2D eigenvalue weighted by molar-refractivity contribution is 9.11. The Balaban J connectivity index is 1.96. The minimum absolute atomic E-state index is 0.154. The van der Waals surface area contributed by atoms with Gasteiger partial charge in [0.15, 0.2) is 0 Å². The van der Waals surface area contributed by atoms with Gasteiger partial charge in [-0.05, 0) is 117 Å². The average molecular weight is 636 g/mol. The van der Waals surface area contributed by atoms with Crippen molar-refractivity contribution in [2.45, 2.75) is 19.8 Å². The molecule has 0 unspecified atom stereocenters. The van der Waals surface area contributed by atoms with Gasteiger partial charge < -0.3 is 15.3 Å². The van der Waals surface area contributed by atoms with Crippen LogP contribution in [0.2, 0.25) is 0 Å². The summed E-state index contributed by atoms with van der Waals surface area (Å²) in [6, 6.07) is 11.3. The van der Waals surface area contributed by atoms with Crippen LogP contribution in [0, 0.1) is 6.92 Å². The van der Waals surface area contributed by atoms with Gasteiger partial charge in [-0.1, -0.05) is 17.7 Å². The smallest absolute Gasteiger partial charge is 0.143 e. The number of aryl methyl sites for hydroxylation is 1. The molecular weight excluding hydrogens is 620 g/mol. The molecule has 0 radical (unpaired) electrons. The van der Waals surface area contributed by atoms with Crippen LogP contribution in [-0.2, 0) is 12.8 Å². The SMILES string of the molecule is Cc1cc(Cc2cc(Br)c(O)c(Br)c2)c(O)c(Cc2cc(Br)c(O)c(Br)c2)c1. The van der Waals surface area contributed by atoms with Gasteiger partial charge in [-0.3, -0.25) is 0 Å². The third kappa shape index (κ3) is 4.75. The summed E-state index contributed by atoms with van der Waals surface area (Å²) in [5, 5.41) is 30.7. The zero-order valence-electron chi connectivity index (χ0n) is 14.7.